The lowest BCUT2D eigenvalue weighted by Gasteiger charge is -2.10. The Morgan fingerprint density at radius 3 is 1.63 bits per heavy atom. The average Bonchev–Trinajstić information content (AvgIpc) is 3.48. The van der Waals surface area contributed by atoms with Crippen LogP contribution in [0, 0.1) is 10.1 Å². The standard InChI is InChI=1S/C30H23N3O2/c34-33(35)28-12-6-23(7-13-28)21-32-17-15-25-9-11-27(19-30(25)32)26-10-8-24-14-16-31(29(24)18-26)20-22-4-2-1-3-5-22/h1-19H,20-21H2. The van der Waals surface area contributed by atoms with Gasteiger partial charge < -0.3 is 9.13 Å². The van der Waals surface area contributed by atoms with E-state index in [1.807, 2.05) is 18.2 Å². The molecule has 5 nitrogen and oxygen atoms in total. The van der Waals surface area contributed by atoms with Gasteiger partial charge in [-0.05, 0) is 57.3 Å². The average molecular weight is 458 g/mol. The van der Waals surface area contributed by atoms with Gasteiger partial charge >= 0.3 is 0 Å². The summed E-state index contributed by atoms with van der Waals surface area (Å²) in [6.45, 7) is 1.49. The first-order chi connectivity index (χ1) is 17.1. The van der Waals surface area contributed by atoms with E-state index < -0.39 is 0 Å². The summed E-state index contributed by atoms with van der Waals surface area (Å²) in [6.07, 6.45) is 4.23. The maximum atomic E-state index is 11.0. The minimum Gasteiger partial charge on any atom is -0.343 e. The van der Waals surface area contributed by atoms with Crippen LogP contribution >= 0.6 is 0 Å². The summed E-state index contributed by atoms with van der Waals surface area (Å²) >= 11 is 0. The molecule has 6 rings (SSSR count). The third-order valence-electron chi connectivity index (χ3n) is 6.58. The van der Waals surface area contributed by atoms with Gasteiger partial charge in [-0.2, -0.15) is 0 Å². The van der Waals surface area contributed by atoms with Gasteiger partial charge in [-0.15, -0.1) is 0 Å². The van der Waals surface area contributed by atoms with E-state index in [2.05, 4.69) is 94.3 Å². The van der Waals surface area contributed by atoms with Gasteiger partial charge in [0.2, 0.25) is 0 Å². The van der Waals surface area contributed by atoms with Crippen molar-refractivity contribution in [3.8, 4) is 11.1 Å². The first-order valence-electron chi connectivity index (χ1n) is 11.6. The molecule has 0 bridgehead atoms. The topological polar surface area (TPSA) is 53.0 Å². The fourth-order valence-electron chi connectivity index (χ4n) is 4.70. The van der Waals surface area contributed by atoms with Crippen molar-refractivity contribution in [1.29, 1.82) is 0 Å². The van der Waals surface area contributed by atoms with Crippen molar-refractivity contribution in [3.05, 3.63) is 137 Å². The van der Waals surface area contributed by atoms with Crippen molar-refractivity contribution >= 4 is 27.5 Å². The highest BCUT2D eigenvalue weighted by atomic mass is 16.6. The Morgan fingerprint density at radius 2 is 1.11 bits per heavy atom. The molecule has 0 N–H and O–H groups in total. The van der Waals surface area contributed by atoms with Crippen LogP contribution in [0.15, 0.2) is 116 Å². The molecule has 170 valence electrons. The molecular formula is C30H23N3O2. The minimum absolute atomic E-state index is 0.112. The number of rotatable bonds is 6. The number of fused-ring (bicyclic) bond motifs is 2. The van der Waals surface area contributed by atoms with Crippen LogP contribution in [0.5, 0.6) is 0 Å². The zero-order valence-electron chi connectivity index (χ0n) is 19.0. The number of nitrogens with zero attached hydrogens (tertiary/aromatic N) is 3. The largest absolute Gasteiger partial charge is 0.343 e. The van der Waals surface area contributed by atoms with E-state index in [0.29, 0.717) is 6.54 Å². The van der Waals surface area contributed by atoms with Crippen molar-refractivity contribution in [2.24, 2.45) is 0 Å². The lowest BCUT2D eigenvalue weighted by Crippen LogP contribution is -1.98. The molecule has 0 amide bonds. The SMILES string of the molecule is O=[N+]([O-])c1ccc(Cn2ccc3ccc(-c4ccc5ccn(Cc6ccccc6)c5c4)cc32)cc1. The number of benzene rings is 4. The van der Waals surface area contributed by atoms with Gasteiger partial charge in [0, 0.05) is 48.6 Å². The first-order valence-corrected chi connectivity index (χ1v) is 11.6. The number of non-ortho nitro benzene ring substituents is 1. The van der Waals surface area contributed by atoms with Crippen LogP contribution < -0.4 is 0 Å². The van der Waals surface area contributed by atoms with E-state index in [-0.39, 0.29) is 10.6 Å². The molecule has 0 fully saturated rings. The third kappa shape index (κ3) is 4.08. The monoisotopic (exact) mass is 457 g/mol. The Balaban J connectivity index is 1.34. The summed E-state index contributed by atoms with van der Waals surface area (Å²) in [5.74, 6) is 0. The molecule has 0 unspecified atom stereocenters. The summed E-state index contributed by atoms with van der Waals surface area (Å²) < 4.78 is 4.49. The summed E-state index contributed by atoms with van der Waals surface area (Å²) in [4.78, 5) is 10.6. The van der Waals surface area contributed by atoms with Crippen molar-refractivity contribution < 1.29 is 4.92 Å². The Hall–Kier alpha value is -4.64. The highest BCUT2D eigenvalue weighted by molar-refractivity contribution is 5.89. The summed E-state index contributed by atoms with van der Waals surface area (Å²) in [5.41, 5.74) is 7.11. The molecule has 35 heavy (non-hydrogen) atoms. The van der Waals surface area contributed by atoms with Crippen molar-refractivity contribution in [1.82, 2.24) is 9.13 Å². The van der Waals surface area contributed by atoms with Gasteiger partial charge in [0.05, 0.1) is 4.92 Å². The second-order valence-corrected chi connectivity index (χ2v) is 8.84. The highest BCUT2D eigenvalue weighted by Gasteiger charge is 2.09. The fraction of sp³-hybridized carbons (Fsp3) is 0.0667. The van der Waals surface area contributed by atoms with Crippen LogP contribution in [0.1, 0.15) is 11.1 Å². The van der Waals surface area contributed by atoms with E-state index in [0.717, 1.165) is 23.2 Å². The quantitative estimate of drug-likeness (QED) is 0.195. The fourth-order valence-corrected chi connectivity index (χ4v) is 4.70. The Kier molecular flexibility index (Phi) is 5.15. The third-order valence-corrected chi connectivity index (χ3v) is 6.58. The Morgan fingerprint density at radius 1 is 0.600 bits per heavy atom. The summed E-state index contributed by atoms with van der Waals surface area (Å²) in [5, 5.41) is 13.4. The zero-order chi connectivity index (χ0) is 23.8. The number of nitro benzene ring substituents is 1. The summed E-state index contributed by atoms with van der Waals surface area (Å²) in [6, 6.07) is 34.7. The molecule has 0 radical (unpaired) electrons. The number of aromatic nitrogens is 2. The van der Waals surface area contributed by atoms with Crippen LogP contribution in [-0.4, -0.2) is 14.1 Å². The summed E-state index contributed by atoms with van der Waals surface area (Å²) in [7, 11) is 0. The number of nitro groups is 1. The van der Waals surface area contributed by atoms with Crippen molar-refractivity contribution in [3.63, 3.8) is 0 Å². The maximum absolute atomic E-state index is 11.0. The van der Waals surface area contributed by atoms with Gasteiger partial charge in [-0.3, -0.25) is 10.1 Å². The predicted molar refractivity (Wildman–Crippen MR) is 141 cm³/mol. The van der Waals surface area contributed by atoms with E-state index in [1.165, 1.54) is 27.4 Å². The molecule has 2 aromatic heterocycles. The number of hydrogen-bond acceptors (Lipinski definition) is 2. The zero-order valence-corrected chi connectivity index (χ0v) is 19.0. The van der Waals surface area contributed by atoms with Crippen molar-refractivity contribution in [2.45, 2.75) is 13.1 Å². The molecular weight excluding hydrogens is 434 g/mol. The van der Waals surface area contributed by atoms with Gasteiger partial charge in [-0.25, -0.2) is 0 Å². The van der Waals surface area contributed by atoms with Crippen LogP contribution in [-0.2, 0) is 13.1 Å². The van der Waals surface area contributed by atoms with E-state index in [4.69, 9.17) is 0 Å². The Labute approximate surface area is 202 Å². The predicted octanol–water partition coefficient (Wildman–Crippen LogP) is 7.27. The molecule has 0 aliphatic rings. The molecule has 0 aliphatic heterocycles. The molecule has 4 aromatic carbocycles. The minimum atomic E-state index is -0.367. The molecule has 0 aliphatic carbocycles. The Bertz CT molecular complexity index is 1660. The van der Waals surface area contributed by atoms with Gasteiger partial charge in [0.15, 0.2) is 0 Å². The molecule has 0 spiro atoms. The second kappa shape index (κ2) is 8.61. The van der Waals surface area contributed by atoms with Gasteiger partial charge in [-0.1, -0.05) is 66.7 Å². The lowest BCUT2D eigenvalue weighted by molar-refractivity contribution is -0.384. The molecule has 5 heteroatoms. The van der Waals surface area contributed by atoms with Crippen LogP contribution in [0.2, 0.25) is 0 Å². The molecule has 0 atom stereocenters. The van der Waals surface area contributed by atoms with E-state index in [1.54, 1.807) is 12.1 Å². The van der Waals surface area contributed by atoms with E-state index in [9.17, 15) is 10.1 Å². The van der Waals surface area contributed by atoms with Crippen LogP contribution in [0.4, 0.5) is 5.69 Å². The van der Waals surface area contributed by atoms with Gasteiger partial charge in [0.25, 0.3) is 5.69 Å². The first kappa shape index (κ1) is 20.9. The van der Waals surface area contributed by atoms with E-state index >= 15 is 0 Å². The number of hydrogen-bond donors (Lipinski definition) is 0. The molecule has 6 aromatic rings. The molecule has 0 saturated carbocycles. The van der Waals surface area contributed by atoms with Crippen LogP contribution in [0.25, 0.3) is 32.9 Å². The van der Waals surface area contributed by atoms with Gasteiger partial charge in [0.1, 0.15) is 0 Å². The smallest absolute Gasteiger partial charge is 0.269 e. The maximum Gasteiger partial charge on any atom is 0.269 e. The van der Waals surface area contributed by atoms with Crippen LogP contribution in [0.3, 0.4) is 0 Å². The van der Waals surface area contributed by atoms with Crippen molar-refractivity contribution in [2.75, 3.05) is 0 Å². The second-order valence-electron chi connectivity index (χ2n) is 8.84. The molecule has 2 heterocycles. The highest BCUT2D eigenvalue weighted by Crippen LogP contribution is 2.29. The normalized spacial score (nSPS) is 11.3. The molecule has 0 saturated heterocycles. The lowest BCUT2D eigenvalue weighted by atomic mass is 10.0.